The molecule has 27 nitrogen and oxygen atoms in total. The minimum Gasteiger partial charge on any atom is -0.432 e. The van der Waals surface area contributed by atoms with Crippen molar-refractivity contribution >= 4 is 24.1 Å². The summed E-state index contributed by atoms with van der Waals surface area (Å²) in [6.07, 6.45) is -22.4. The Kier molecular flexibility index (Phi) is 25.1. The van der Waals surface area contributed by atoms with Gasteiger partial charge in [-0.2, -0.15) is 0 Å². The van der Waals surface area contributed by atoms with Gasteiger partial charge in [-0.3, -0.25) is 14.4 Å². The summed E-state index contributed by atoms with van der Waals surface area (Å²) in [5, 5.41) is 151. The van der Waals surface area contributed by atoms with Crippen LogP contribution in [0.1, 0.15) is 172 Å². The van der Waals surface area contributed by atoms with Crippen molar-refractivity contribution in [3.63, 3.8) is 0 Å². The van der Waals surface area contributed by atoms with E-state index in [4.69, 9.17) is 37.9 Å². The van der Waals surface area contributed by atoms with E-state index in [0.717, 1.165) is 18.3 Å². The molecule has 4 aliphatic heterocycles. The molecule has 15 N–H and O–H groups in total. The summed E-state index contributed by atoms with van der Waals surface area (Å²) in [6.45, 7) is 19.7. The number of fused-ring (bicyclic) bond motifs is 7. The molecule has 0 aromatic rings. The van der Waals surface area contributed by atoms with E-state index in [1.54, 1.807) is 6.92 Å². The van der Waals surface area contributed by atoms with E-state index in [-0.39, 0.29) is 67.1 Å². The van der Waals surface area contributed by atoms with Gasteiger partial charge in [-0.05, 0) is 123 Å². The number of aliphatic hydroxyl groups excluding tert-OH is 13. The summed E-state index contributed by atoms with van der Waals surface area (Å²) >= 11 is 0. The Bertz CT molecular complexity index is 2720. The molecule has 27 heteroatoms. The number of aldehydes is 1. The van der Waals surface area contributed by atoms with Crippen LogP contribution in [0.3, 0.4) is 0 Å². The van der Waals surface area contributed by atoms with Crippen LogP contribution >= 0.6 is 0 Å². The fourth-order valence-electron chi connectivity index (χ4n) is 19.1. The third-order valence-electron chi connectivity index (χ3n) is 25.9. The van der Waals surface area contributed by atoms with Crippen molar-refractivity contribution in [3.05, 3.63) is 11.6 Å². The first kappa shape index (κ1) is 78.2. The summed E-state index contributed by atoms with van der Waals surface area (Å²) < 4.78 is 48.6. The predicted molar refractivity (Wildman–Crippen MR) is 343 cm³/mol. The molecule has 0 bridgehead atoms. The maximum atomic E-state index is 15.8. The molecule has 9 rings (SSSR count). The van der Waals surface area contributed by atoms with Crippen LogP contribution in [0.4, 0.5) is 0 Å². The average molecular weight is 1390 g/mol. The summed E-state index contributed by atoms with van der Waals surface area (Å²) in [6, 6.07) is -2.31. The zero-order valence-corrected chi connectivity index (χ0v) is 58.4. The smallest absolute Gasteiger partial charge is 0.317 e. The minimum absolute atomic E-state index is 0.0420. The number of nitrogens with one attached hydrogen (secondary N) is 2. The molecule has 0 spiro atoms. The van der Waals surface area contributed by atoms with E-state index >= 15 is 4.79 Å². The van der Waals surface area contributed by atoms with E-state index in [1.165, 1.54) is 6.92 Å². The lowest BCUT2D eigenvalue weighted by Gasteiger charge is -2.71. The van der Waals surface area contributed by atoms with Crippen LogP contribution in [0.25, 0.3) is 0 Å². The fraction of sp³-hybridized carbons (Fsp3) is 0.914. The second-order valence-electron chi connectivity index (χ2n) is 31.8. The van der Waals surface area contributed by atoms with Gasteiger partial charge in [0, 0.05) is 18.4 Å². The lowest BCUT2D eigenvalue weighted by Crippen LogP contribution is -2.69. The van der Waals surface area contributed by atoms with Crippen molar-refractivity contribution in [1.29, 1.82) is 0 Å². The standard InChI is InChI=1S/C70H116N2O25/c1-12-33(4)41(71-50(81)26-38(77)24-43(34(5)13-2)92-61-35(6)53(83)45(29-74)94-61)23-37(76)25-51(82)72-52-44(28-73)93-64(60(55(52)85)96-63-58(88)56(86)59(36(7)91-63)95-62-57(87)54(84)42(78)30-90-62)97-65(89)70-21-16-32(3)22-40(70)39-14-15-47-66(8)19-18-48(79)67(9,31-75)46(66)17-20-68(47,10)69(39,11)27-49(70)80/h14,31-38,40-49,52-64,73-74,76-80,83-88H,12-13,15-30H2,1-11H3,(H,71,81)(H,72,82)/t32-,33+,34+,35?,36-,37+,38+,40?,41+,42-,43+,44-,45+,46-,47?,48?,49-,52?,53?,54?,55?,56?,57?,58?,59?,60?,61-,62+,63+,64+,66?,67?,68-,69-,70?/m1/s1. The van der Waals surface area contributed by atoms with Gasteiger partial charge >= 0.3 is 5.97 Å². The molecule has 0 aromatic carbocycles. The van der Waals surface area contributed by atoms with Crippen LogP contribution in [0.15, 0.2) is 11.6 Å². The Labute approximate surface area is 569 Å². The van der Waals surface area contributed by atoms with Crippen molar-refractivity contribution in [2.45, 2.75) is 313 Å². The summed E-state index contributed by atoms with van der Waals surface area (Å²) in [7, 11) is 0. The number of allylic oxidation sites excluding steroid dienone is 2. The maximum Gasteiger partial charge on any atom is 0.317 e. The monoisotopic (exact) mass is 1380 g/mol. The van der Waals surface area contributed by atoms with E-state index in [2.05, 4.69) is 44.4 Å². The van der Waals surface area contributed by atoms with Gasteiger partial charge in [0.15, 0.2) is 25.0 Å². The third-order valence-corrected chi connectivity index (χ3v) is 25.9. The minimum atomic E-state index is -2.04. The molecule has 16 unspecified atom stereocenters. The number of rotatable bonds is 25. The number of hydrogen-bond acceptors (Lipinski definition) is 25. The van der Waals surface area contributed by atoms with Crippen molar-refractivity contribution in [2.75, 3.05) is 19.8 Å². The highest BCUT2D eigenvalue weighted by Crippen LogP contribution is 2.75. The highest BCUT2D eigenvalue weighted by Gasteiger charge is 2.72. The number of carbonyl (C=O) groups excluding carboxylic acids is 4. The Morgan fingerprint density at radius 1 is 0.691 bits per heavy atom. The van der Waals surface area contributed by atoms with Gasteiger partial charge in [-0.15, -0.1) is 0 Å². The molecule has 0 aromatic heterocycles. The molecule has 4 saturated heterocycles. The van der Waals surface area contributed by atoms with E-state index in [1.807, 2.05) is 34.6 Å². The largest absolute Gasteiger partial charge is 0.432 e. The molecule has 8 fully saturated rings. The van der Waals surface area contributed by atoms with Gasteiger partial charge in [0.05, 0.1) is 86.8 Å². The van der Waals surface area contributed by atoms with Crippen molar-refractivity contribution in [2.24, 2.45) is 68.5 Å². The van der Waals surface area contributed by atoms with Gasteiger partial charge in [0.2, 0.25) is 18.1 Å². The number of amides is 2. The topological polar surface area (TPSA) is 429 Å². The number of esters is 1. The second kappa shape index (κ2) is 31.1. The Morgan fingerprint density at radius 2 is 1.33 bits per heavy atom. The van der Waals surface area contributed by atoms with E-state index in [0.29, 0.717) is 51.4 Å². The third kappa shape index (κ3) is 14.8. The molecular weight excluding hydrogens is 1270 g/mol. The lowest BCUT2D eigenvalue weighted by molar-refractivity contribution is -0.370. The second-order valence-corrected chi connectivity index (χ2v) is 31.8. The number of aliphatic hydroxyl groups is 13. The van der Waals surface area contributed by atoms with Crippen LogP contribution in [-0.4, -0.2) is 251 Å². The average Bonchev–Trinajstić information content (AvgIpc) is 1.01. The molecule has 4 saturated carbocycles. The summed E-state index contributed by atoms with van der Waals surface area (Å²) in [5.74, 6) is -3.57. The molecule has 9 aliphatic rings. The van der Waals surface area contributed by atoms with Crippen LogP contribution in [0, 0.1) is 68.5 Å². The molecule has 0 radical (unpaired) electrons. The maximum absolute atomic E-state index is 15.8. The van der Waals surface area contributed by atoms with Crippen molar-refractivity contribution < 1.29 is 123 Å². The molecule has 556 valence electrons. The number of ether oxygens (including phenoxy) is 8. The Balaban J connectivity index is 0.934. The quantitative estimate of drug-likeness (QED) is 0.0339. The molecule has 97 heavy (non-hydrogen) atoms. The Hall–Kier alpha value is -2.98. The summed E-state index contributed by atoms with van der Waals surface area (Å²) in [5.41, 5.74) is -2.89. The fourth-order valence-corrected chi connectivity index (χ4v) is 19.1. The highest BCUT2D eigenvalue weighted by atomic mass is 16.8. The van der Waals surface area contributed by atoms with Crippen LogP contribution in [0.2, 0.25) is 0 Å². The summed E-state index contributed by atoms with van der Waals surface area (Å²) in [4.78, 5) is 56.6. The predicted octanol–water partition coefficient (Wildman–Crippen LogP) is 0.649. The highest BCUT2D eigenvalue weighted by molar-refractivity contribution is 5.80. The normalized spacial score (nSPS) is 47.0. The zero-order chi connectivity index (χ0) is 71.3. The zero-order valence-electron chi connectivity index (χ0n) is 58.4. The first-order valence-electron chi connectivity index (χ1n) is 35.8. The SMILES string of the molecule is CC[C@H](C)[C@H](C[C@H](O)CC(=O)NC1C(O)C(O[C@@H]2O[C@H](C)C(O[C@@H]3OC[C@@H](O)C(O)C3O)C(O)C2O)[C@H](OC(=O)C23CC[C@@H](C)CC2C2=CCC4C5(C)CCC(O)C(C)(C=O)[C@@H]5CC[C@@]4(C)[C@]2(C)C[C@H]3O)O[C@@H]1CO)NC(=O)C[C@@H](O)C[C@H](O[C@@H]1O[C@@H](CO)C(O)C1C)[C@@H](C)CC. The van der Waals surface area contributed by atoms with Gasteiger partial charge < -0.3 is 120 Å². The molecule has 2 amide bonds. The van der Waals surface area contributed by atoms with Crippen molar-refractivity contribution in [1.82, 2.24) is 10.6 Å². The van der Waals surface area contributed by atoms with Gasteiger partial charge in [-0.25, -0.2) is 0 Å². The molecule has 5 aliphatic carbocycles. The molecule has 4 heterocycles. The van der Waals surface area contributed by atoms with E-state index in [9.17, 15) is 80.8 Å². The lowest BCUT2D eigenvalue weighted by atomic mass is 9.33. The number of hydrogen-bond donors (Lipinski definition) is 15. The van der Waals surface area contributed by atoms with Crippen LogP contribution < -0.4 is 10.6 Å². The molecular formula is C70H116N2O25. The Morgan fingerprint density at radius 3 is 1.98 bits per heavy atom. The first-order chi connectivity index (χ1) is 45.6. The van der Waals surface area contributed by atoms with Crippen molar-refractivity contribution in [3.8, 4) is 0 Å². The van der Waals surface area contributed by atoms with Crippen LogP contribution in [-0.2, 0) is 57.1 Å². The molecule has 35 atom stereocenters. The van der Waals surface area contributed by atoms with Gasteiger partial charge in [0.25, 0.3) is 0 Å². The first-order valence-corrected chi connectivity index (χ1v) is 35.8. The van der Waals surface area contributed by atoms with Gasteiger partial charge in [0.1, 0.15) is 66.6 Å². The van der Waals surface area contributed by atoms with Crippen LogP contribution in [0.5, 0.6) is 0 Å². The van der Waals surface area contributed by atoms with Gasteiger partial charge in [-0.1, -0.05) is 93.7 Å². The van der Waals surface area contributed by atoms with E-state index < -0.39 is 219 Å². The number of carbonyl (C=O) groups is 4.